The zero-order valence-corrected chi connectivity index (χ0v) is 22.6. The maximum Gasteiger partial charge on any atom is 0.274 e. The van der Waals surface area contributed by atoms with Crippen molar-refractivity contribution in [3.8, 4) is 0 Å². The van der Waals surface area contributed by atoms with E-state index in [1.807, 2.05) is 0 Å². The van der Waals surface area contributed by atoms with Crippen molar-refractivity contribution in [1.29, 1.82) is 0 Å². The maximum atomic E-state index is 13.1. The molecule has 3 amide bonds. The summed E-state index contributed by atoms with van der Waals surface area (Å²) in [5.41, 5.74) is 7.43. The number of rotatable bonds is 14. The van der Waals surface area contributed by atoms with E-state index in [2.05, 4.69) is 57.5 Å². The third-order valence-electron chi connectivity index (χ3n) is 5.86. The molecule has 2 heterocycles. The quantitative estimate of drug-likeness (QED) is 0.129. The molecule has 2 aromatic heterocycles. The summed E-state index contributed by atoms with van der Waals surface area (Å²) in [6.07, 6.45) is 8.12. The lowest BCUT2D eigenvalue weighted by Crippen LogP contribution is -2.45. The number of carbonyl (C=O) groups excluding carboxylic acids is 3. The van der Waals surface area contributed by atoms with E-state index in [1.165, 1.54) is 40.1 Å². The Labute approximate surface area is 226 Å². The Morgan fingerprint density at radius 1 is 1.26 bits per heavy atom. The minimum absolute atomic E-state index is 0.00960. The van der Waals surface area contributed by atoms with Crippen molar-refractivity contribution in [1.82, 2.24) is 30.2 Å². The lowest BCUT2D eigenvalue weighted by atomic mass is 10.0. The molecule has 0 saturated carbocycles. The van der Waals surface area contributed by atoms with Gasteiger partial charge in [-0.15, -0.1) is 0 Å². The molecule has 206 valence electrons. The van der Waals surface area contributed by atoms with E-state index in [-0.39, 0.29) is 41.8 Å². The molecule has 6 N–H and O–H groups in total. The van der Waals surface area contributed by atoms with Gasteiger partial charge >= 0.3 is 0 Å². The summed E-state index contributed by atoms with van der Waals surface area (Å²) < 4.78 is 2.73. The third kappa shape index (κ3) is 9.42. The van der Waals surface area contributed by atoms with Crippen molar-refractivity contribution in [2.24, 2.45) is 23.8 Å². The number of nitrogens with one attached hydrogen (secondary N) is 4. The summed E-state index contributed by atoms with van der Waals surface area (Å²) >= 11 is 4.68. The zero-order chi connectivity index (χ0) is 28.1. The topological polar surface area (TPSA) is 178 Å². The number of aryl methyl sites for hydroxylation is 1. The lowest BCUT2D eigenvalue weighted by Gasteiger charge is -2.18. The molecule has 13 nitrogen and oxygen atoms in total. The van der Waals surface area contributed by atoms with Gasteiger partial charge in [-0.2, -0.15) is 5.10 Å². The van der Waals surface area contributed by atoms with Crippen LogP contribution in [-0.4, -0.2) is 55.8 Å². The molecule has 0 bridgehead atoms. The molecule has 1 atom stereocenters. The van der Waals surface area contributed by atoms with Gasteiger partial charge in [0.1, 0.15) is 24.0 Å². The van der Waals surface area contributed by atoms with E-state index in [1.54, 1.807) is 13.1 Å². The monoisotopic (exact) mass is 545 g/mol. The summed E-state index contributed by atoms with van der Waals surface area (Å²) in [5, 5.41) is 11.9. The van der Waals surface area contributed by atoms with Crippen LogP contribution in [0.1, 0.15) is 50.0 Å². The number of thiocarbonyl (C=S) groups is 1. The Bertz CT molecular complexity index is 1200. The molecule has 38 heavy (non-hydrogen) atoms. The summed E-state index contributed by atoms with van der Waals surface area (Å²) in [4.78, 5) is 55.1. The standard InChI is InChI=1S/C24H35N9O4S/c1-4-16(5-2)12-27-20(34)14-33-11-7-9-18(23(33)37)30-21(35)17(8-6-10-28-31-24(25)38)29-22(36)19-13-26-15-32(19)3/h7,9-11,13,15-17H,4-6,8,12,14H2,1-3H3,(H,27,34)(H,29,36)(H,30,35)(H3,25,31,38). The Morgan fingerprint density at radius 3 is 2.63 bits per heavy atom. The Morgan fingerprint density at radius 2 is 2.00 bits per heavy atom. The number of imidazole rings is 1. The number of aromatic nitrogens is 3. The molecule has 0 aliphatic carbocycles. The van der Waals surface area contributed by atoms with Crippen molar-refractivity contribution in [2.75, 3.05) is 11.9 Å². The van der Waals surface area contributed by atoms with E-state index in [0.717, 1.165) is 12.8 Å². The highest BCUT2D eigenvalue weighted by Gasteiger charge is 2.23. The third-order valence-corrected chi connectivity index (χ3v) is 5.95. The highest BCUT2D eigenvalue weighted by Crippen LogP contribution is 2.07. The lowest BCUT2D eigenvalue weighted by molar-refractivity contribution is -0.122. The van der Waals surface area contributed by atoms with Crippen molar-refractivity contribution in [2.45, 2.75) is 52.1 Å². The van der Waals surface area contributed by atoms with Crippen molar-refractivity contribution in [3.05, 3.63) is 46.9 Å². The number of nitrogens with zero attached hydrogens (tertiary/aromatic N) is 4. The molecular weight excluding hydrogens is 510 g/mol. The summed E-state index contributed by atoms with van der Waals surface area (Å²) in [5.74, 6) is -1.05. The van der Waals surface area contributed by atoms with Gasteiger partial charge in [0.2, 0.25) is 11.8 Å². The van der Waals surface area contributed by atoms with Gasteiger partial charge in [-0.05, 0) is 43.1 Å². The second-order valence-electron chi connectivity index (χ2n) is 8.61. The predicted octanol–water partition coefficient (Wildman–Crippen LogP) is 0.471. The number of amides is 3. The number of pyridine rings is 1. The molecule has 2 aromatic rings. The van der Waals surface area contributed by atoms with Crippen molar-refractivity contribution < 1.29 is 14.4 Å². The molecule has 0 fully saturated rings. The van der Waals surface area contributed by atoms with E-state index < -0.39 is 23.4 Å². The second-order valence-corrected chi connectivity index (χ2v) is 9.05. The largest absolute Gasteiger partial charge is 0.375 e. The Kier molecular flexibility index (Phi) is 12.1. The van der Waals surface area contributed by atoms with Crippen molar-refractivity contribution in [3.63, 3.8) is 0 Å². The molecule has 0 radical (unpaired) electrons. The first-order valence-corrected chi connectivity index (χ1v) is 12.7. The first-order chi connectivity index (χ1) is 18.2. The average molecular weight is 546 g/mol. The fourth-order valence-electron chi connectivity index (χ4n) is 3.51. The van der Waals surface area contributed by atoms with Gasteiger partial charge in [0.15, 0.2) is 5.11 Å². The van der Waals surface area contributed by atoms with Crippen LogP contribution in [0.25, 0.3) is 0 Å². The van der Waals surface area contributed by atoms with E-state index in [4.69, 9.17) is 5.73 Å². The maximum absolute atomic E-state index is 13.1. The van der Waals surface area contributed by atoms with Gasteiger partial charge in [-0.25, -0.2) is 4.98 Å². The van der Waals surface area contributed by atoms with Gasteiger partial charge in [0.25, 0.3) is 11.5 Å². The zero-order valence-electron chi connectivity index (χ0n) is 21.8. The first-order valence-electron chi connectivity index (χ1n) is 12.3. The Hall–Kier alpha value is -4.07. The number of hydrogen-bond donors (Lipinski definition) is 5. The van der Waals surface area contributed by atoms with E-state index in [9.17, 15) is 19.2 Å². The summed E-state index contributed by atoms with van der Waals surface area (Å²) in [7, 11) is 1.65. The Balaban J connectivity index is 2.12. The summed E-state index contributed by atoms with van der Waals surface area (Å²) in [6.45, 7) is 4.46. The first kappa shape index (κ1) is 30.2. The van der Waals surface area contributed by atoms with E-state index in [0.29, 0.717) is 12.5 Å². The molecular formula is C24H35N9O4S. The molecule has 0 aliphatic rings. The van der Waals surface area contributed by atoms with Gasteiger partial charge in [-0.3, -0.25) is 24.6 Å². The number of carbonyl (C=O) groups is 3. The van der Waals surface area contributed by atoms with Gasteiger partial charge in [0.05, 0.1) is 12.5 Å². The van der Waals surface area contributed by atoms with E-state index >= 15 is 0 Å². The molecule has 0 spiro atoms. The molecule has 0 aliphatic heterocycles. The van der Waals surface area contributed by atoms with Crippen molar-refractivity contribution >= 4 is 47.0 Å². The molecule has 2 rings (SSSR count). The van der Waals surface area contributed by atoms with Crippen LogP contribution in [0.4, 0.5) is 5.69 Å². The minimum Gasteiger partial charge on any atom is -0.375 e. The van der Waals surface area contributed by atoms with Crippen LogP contribution in [0.2, 0.25) is 0 Å². The second kappa shape index (κ2) is 15.2. The smallest absolute Gasteiger partial charge is 0.274 e. The molecule has 14 heteroatoms. The molecule has 1 unspecified atom stereocenters. The van der Waals surface area contributed by atoms with Crippen LogP contribution in [-0.2, 0) is 23.2 Å². The average Bonchev–Trinajstić information content (AvgIpc) is 3.31. The van der Waals surface area contributed by atoms with Crippen LogP contribution >= 0.6 is 12.2 Å². The number of anilines is 1. The number of nitrogens with two attached hydrogens (primary N) is 1. The highest BCUT2D eigenvalue weighted by atomic mass is 32.1. The number of hydrazone groups is 1. The normalized spacial score (nSPS) is 11.8. The summed E-state index contributed by atoms with van der Waals surface area (Å²) in [6, 6.07) is 1.99. The van der Waals surface area contributed by atoms with Gasteiger partial charge in [-0.1, -0.05) is 26.7 Å². The van der Waals surface area contributed by atoms with Crippen LogP contribution in [0.5, 0.6) is 0 Å². The fourth-order valence-corrected chi connectivity index (χ4v) is 3.57. The van der Waals surface area contributed by atoms with Crippen LogP contribution < -0.4 is 32.7 Å². The molecule has 0 saturated heterocycles. The molecule has 0 aromatic carbocycles. The van der Waals surface area contributed by atoms with Crippen LogP contribution in [0.15, 0.2) is 40.7 Å². The number of hydrogen-bond acceptors (Lipinski definition) is 7. The van der Waals surface area contributed by atoms with Gasteiger partial charge in [0, 0.05) is 26.0 Å². The minimum atomic E-state index is -1.01. The van der Waals surface area contributed by atoms with Gasteiger partial charge < -0.3 is 30.8 Å². The highest BCUT2D eigenvalue weighted by molar-refractivity contribution is 7.80. The van der Waals surface area contributed by atoms with Crippen LogP contribution in [0.3, 0.4) is 0 Å². The fraction of sp³-hybridized carbons (Fsp3) is 0.458. The SMILES string of the molecule is CCC(CC)CNC(=O)Cn1cccc(NC(=O)C(CCC=NNC(N)=S)NC(=O)c2cncn2C)c1=O. The predicted molar refractivity (Wildman–Crippen MR) is 149 cm³/mol. The van der Waals surface area contributed by atoms with Crippen LogP contribution in [0, 0.1) is 5.92 Å².